The molecule has 0 radical (unpaired) electrons. The van der Waals surface area contributed by atoms with E-state index in [2.05, 4.69) is 21.2 Å². The molecule has 0 fully saturated rings. The Hall–Kier alpha value is -1.17. The number of carbonyl (C=O) groups is 1. The maximum Gasteiger partial charge on any atom is 0.261 e. The van der Waals surface area contributed by atoms with Gasteiger partial charge in [0.15, 0.2) is 0 Å². The molecule has 5 heteroatoms. The van der Waals surface area contributed by atoms with Gasteiger partial charge in [0.25, 0.3) is 5.91 Å². The zero-order valence-electron chi connectivity index (χ0n) is 10.2. The van der Waals surface area contributed by atoms with E-state index >= 15 is 0 Å². The van der Waals surface area contributed by atoms with E-state index in [-0.39, 0.29) is 12.5 Å². The molecule has 0 aliphatic carbocycles. The minimum atomic E-state index is -0.574. The van der Waals surface area contributed by atoms with Crippen molar-refractivity contribution in [3.05, 3.63) is 56.7 Å². The van der Waals surface area contributed by atoms with Crippen LogP contribution in [0, 0.1) is 0 Å². The predicted octanol–water partition coefficient (Wildman–Crippen LogP) is 2.84. The first-order valence-corrected chi connectivity index (χ1v) is 7.56. The number of hydrogen-bond donors (Lipinski definition) is 2. The summed E-state index contributed by atoms with van der Waals surface area (Å²) in [7, 11) is 0. The summed E-state index contributed by atoms with van der Waals surface area (Å²) in [6.07, 6.45) is -0.0373. The van der Waals surface area contributed by atoms with Crippen LogP contribution in [0.25, 0.3) is 0 Å². The molecule has 100 valence electrons. The third-order valence-corrected chi connectivity index (χ3v) is 4.29. The van der Waals surface area contributed by atoms with Gasteiger partial charge in [0.2, 0.25) is 0 Å². The molecular formula is C14H14BrNO2S. The molecule has 0 saturated carbocycles. The Balaban J connectivity index is 1.80. The first kappa shape index (κ1) is 14.2. The number of nitrogens with one attached hydrogen (secondary N) is 1. The molecule has 1 aromatic heterocycles. The normalized spacial score (nSPS) is 12.1. The summed E-state index contributed by atoms with van der Waals surface area (Å²) < 4.78 is 0.896. The maximum atomic E-state index is 11.8. The van der Waals surface area contributed by atoms with Gasteiger partial charge in [0.05, 0.1) is 11.0 Å². The van der Waals surface area contributed by atoms with E-state index in [0.29, 0.717) is 11.3 Å². The van der Waals surface area contributed by atoms with E-state index in [9.17, 15) is 9.90 Å². The van der Waals surface area contributed by atoms with Crippen molar-refractivity contribution in [2.45, 2.75) is 12.5 Å². The van der Waals surface area contributed by atoms with E-state index in [1.54, 1.807) is 6.07 Å². The van der Waals surface area contributed by atoms with E-state index in [0.717, 1.165) is 10.0 Å². The van der Waals surface area contributed by atoms with Crippen molar-refractivity contribution in [3.63, 3.8) is 0 Å². The van der Waals surface area contributed by atoms with E-state index < -0.39 is 6.10 Å². The van der Waals surface area contributed by atoms with Crippen LogP contribution in [0.3, 0.4) is 0 Å². The fourth-order valence-corrected chi connectivity index (χ4v) is 3.03. The molecule has 0 unspecified atom stereocenters. The second-order valence-electron chi connectivity index (χ2n) is 4.18. The van der Waals surface area contributed by atoms with Gasteiger partial charge in [-0.05, 0) is 27.6 Å². The lowest BCUT2D eigenvalue weighted by Crippen LogP contribution is -2.32. The molecule has 1 amide bonds. The van der Waals surface area contributed by atoms with E-state index in [4.69, 9.17) is 0 Å². The largest absolute Gasteiger partial charge is 0.391 e. The molecule has 2 rings (SSSR count). The first-order chi connectivity index (χ1) is 9.15. The molecule has 19 heavy (non-hydrogen) atoms. The average Bonchev–Trinajstić information content (AvgIpc) is 2.84. The van der Waals surface area contributed by atoms with Crippen LogP contribution in [0.15, 0.2) is 46.3 Å². The van der Waals surface area contributed by atoms with E-state index in [1.807, 2.05) is 35.7 Å². The number of amides is 1. The molecule has 1 aromatic carbocycles. The van der Waals surface area contributed by atoms with Gasteiger partial charge >= 0.3 is 0 Å². The van der Waals surface area contributed by atoms with Crippen molar-refractivity contribution in [3.8, 4) is 0 Å². The minimum absolute atomic E-state index is 0.150. The van der Waals surface area contributed by atoms with Crippen molar-refractivity contribution in [1.29, 1.82) is 0 Å². The molecule has 0 aliphatic heterocycles. The molecular weight excluding hydrogens is 326 g/mol. The standard InChI is InChI=1S/C14H14BrNO2S/c15-11-7-13(19-9-11)14(18)16-8-12(17)6-10-4-2-1-3-5-10/h1-5,7,9,12,17H,6,8H2,(H,16,18)/t12-/m0/s1. The van der Waals surface area contributed by atoms with Gasteiger partial charge in [0, 0.05) is 22.8 Å². The van der Waals surface area contributed by atoms with Crippen LogP contribution in [0.5, 0.6) is 0 Å². The quantitative estimate of drug-likeness (QED) is 0.879. The fraction of sp³-hybridized carbons (Fsp3) is 0.214. The summed E-state index contributed by atoms with van der Waals surface area (Å²) in [5.41, 5.74) is 1.06. The third-order valence-electron chi connectivity index (χ3n) is 2.60. The predicted molar refractivity (Wildman–Crippen MR) is 80.5 cm³/mol. The van der Waals surface area contributed by atoms with Gasteiger partial charge in [-0.1, -0.05) is 30.3 Å². The van der Waals surface area contributed by atoms with Gasteiger partial charge in [-0.3, -0.25) is 4.79 Å². The zero-order valence-corrected chi connectivity index (χ0v) is 12.6. The van der Waals surface area contributed by atoms with Crippen molar-refractivity contribution in [2.24, 2.45) is 0 Å². The van der Waals surface area contributed by atoms with Crippen LogP contribution in [-0.2, 0) is 6.42 Å². The van der Waals surface area contributed by atoms with Crippen molar-refractivity contribution in [2.75, 3.05) is 6.54 Å². The van der Waals surface area contributed by atoms with Crippen LogP contribution in [0.1, 0.15) is 15.2 Å². The van der Waals surface area contributed by atoms with Crippen LogP contribution < -0.4 is 5.32 Å². The highest BCUT2D eigenvalue weighted by atomic mass is 79.9. The Labute approximate surface area is 124 Å². The number of benzene rings is 1. The lowest BCUT2D eigenvalue weighted by atomic mass is 10.1. The van der Waals surface area contributed by atoms with Gasteiger partial charge in [-0.2, -0.15) is 0 Å². The summed E-state index contributed by atoms with van der Waals surface area (Å²) in [4.78, 5) is 12.4. The second-order valence-corrected chi connectivity index (χ2v) is 6.01. The number of aliphatic hydroxyl groups is 1. The number of aliphatic hydroxyl groups excluding tert-OH is 1. The molecule has 0 spiro atoms. The van der Waals surface area contributed by atoms with Crippen LogP contribution in [-0.4, -0.2) is 23.7 Å². The fourth-order valence-electron chi connectivity index (χ4n) is 1.69. The van der Waals surface area contributed by atoms with Crippen molar-refractivity contribution in [1.82, 2.24) is 5.32 Å². The Bertz CT molecular complexity index is 541. The second kappa shape index (κ2) is 6.84. The lowest BCUT2D eigenvalue weighted by Gasteiger charge is -2.11. The zero-order chi connectivity index (χ0) is 13.7. The SMILES string of the molecule is O=C(NC[C@@H](O)Cc1ccccc1)c1cc(Br)cs1. The van der Waals surface area contributed by atoms with Crippen molar-refractivity contribution >= 4 is 33.2 Å². The summed E-state index contributed by atoms with van der Waals surface area (Å²) in [6.45, 7) is 0.253. The number of hydrogen-bond acceptors (Lipinski definition) is 3. The van der Waals surface area contributed by atoms with Gasteiger partial charge in [0.1, 0.15) is 0 Å². The minimum Gasteiger partial charge on any atom is -0.391 e. The first-order valence-electron chi connectivity index (χ1n) is 5.89. The summed E-state index contributed by atoms with van der Waals surface area (Å²) >= 11 is 4.68. The van der Waals surface area contributed by atoms with Gasteiger partial charge in [-0.25, -0.2) is 0 Å². The van der Waals surface area contributed by atoms with Gasteiger partial charge < -0.3 is 10.4 Å². The molecule has 1 atom stereocenters. The third kappa shape index (κ3) is 4.45. The number of rotatable bonds is 5. The monoisotopic (exact) mass is 339 g/mol. The van der Waals surface area contributed by atoms with Gasteiger partial charge in [-0.15, -0.1) is 11.3 Å². The van der Waals surface area contributed by atoms with Crippen LogP contribution in [0.4, 0.5) is 0 Å². The average molecular weight is 340 g/mol. The summed E-state index contributed by atoms with van der Waals surface area (Å²) in [5, 5.41) is 14.5. The highest BCUT2D eigenvalue weighted by Gasteiger charge is 2.11. The molecule has 3 nitrogen and oxygen atoms in total. The molecule has 0 saturated heterocycles. The summed E-state index contributed by atoms with van der Waals surface area (Å²) in [5.74, 6) is -0.150. The number of carbonyl (C=O) groups excluding carboxylic acids is 1. The maximum absolute atomic E-state index is 11.8. The highest BCUT2D eigenvalue weighted by Crippen LogP contribution is 2.19. The smallest absolute Gasteiger partial charge is 0.261 e. The Morgan fingerprint density at radius 3 is 2.74 bits per heavy atom. The topological polar surface area (TPSA) is 49.3 Å². The van der Waals surface area contributed by atoms with Crippen LogP contribution in [0.2, 0.25) is 0 Å². The number of thiophene rings is 1. The van der Waals surface area contributed by atoms with Crippen LogP contribution >= 0.6 is 27.3 Å². The Kier molecular flexibility index (Phi) is 5.13. The summed E-state index contributed by atoms with van der Waals surface area (Å²) in [6, 6.07) is 11.5. The lowest BCUT2D eigenvalue weighted by molar-refractivity contribution is 0.0920. The molecule has 2 aromatic rings. The van der Waals surface area contributed by atoms with E-state index in [1.165, 1.54) is 11.3 Å². The highest BCUT2D eigenvalue weighted by molar-refractivity contribution is 9.10. The van der Waals surface area contributed by atoms with Crippen molar-refractivity contribution < 1.29 is 9.90 Å². The number of halogens is 1. The Morgan fingerprint density at radius 2 is 2.11 bits per heavy atom. The molecule has 1 heterocycles. The molecule has 0 bridgehead atoms. The Morgan fingerprint density at radius 1 is 1.37 bits per heavy atom. The molecule has 2 N–H and O–H groups in total. The molecule has 0 aliphatic rings.